The predicted octanol–water partition coefficient (Wildman–Crippen LogP) is 2.10. The molecular weight excluding hydrogens is 178 g/mol. The zero-order valence-corrected chi connectivity index (χ0v) is 8.54. The van der Waals surface area contributed by atoms with Crippen LogP contribution in [0.2, 0.25) is 0 Å². The number of fused-ring (bicyclic) bond motifs is 1. The van der Waals surface area contributed by atoms with Gasteiger partial charge in [-0.05, 0) is 31.1 Å². The SMILES string of the molecule is O=C(NO)C1CCC2CCCCC2C1. The van der Waals surface area contributed by atoms with Crippen LogP contribution in [-0.4, -0.2) is 11.1 Å². The van der Waals surface area contributed by atoms with Crippen molar-refractivity contribution in [2.75, 3.05) is 0 Å². The summed E-state index contributed by atoms with van der Waals surface area (Å²) < 4.78 is 0. The lowest BCUT2D eigenvalue weighted by molar-refractivity contribution is -0.135. The third-order valence-corrected chi connectivity index (χ3v) is 4.02. The number of amides is 1. The van der Waals surface area contributed by atoms with Gasteiger partial charge in [0.25, 0.3) is 0 Å². The van der Waals surface area contributed by atoms with Crippen molar-refractivity contribution in [2.45, 2.75) is 44.9 Å². The van der Waals surface area contributed by atoms with E-state index in [0.717, 1.165) is 24.7 Å². The van der Waals surface area contributed by atoms with Crippen molar-refractivity contribution < 1.29 is 10.0 Å². The van der Waals surface area contributed by atoms with Crippen LogP contribution in [0.15, 0.2) is 0 Å². The maximum absolute atomic E-state index is 11.3. The van der Waals surface area contributed by atoms with Gasteiger partial charge in [0, 0.05) is 5.92 Å². The van der Waals surface area contributed by atoms with Crippen molar-refractivity contribution in [1.82, 2.24) is 5.48 Å². The van der Waals surface area contributed by atoms with Crippen molar-refractivity contribution in [3.05, 3.63) is 0 Å². The molecule has 2 N–H and O–H groups in total. The summed E-state index contributed by atoms with van der Waals surface area (Å²) in [5.74, 6) is 1.51. The predicted molar refractivity (Wildman–Crippen MR) is 52.7 cm³/mol. The molecule has 0 bridgehead atoms. The molecule has 3 unspecified atom stereocenters. The van der Waals surface area contributed by atoms with Gasteiger partial charge in [0.15, 0.2) is 0 Å². The summed E-state index contributed by atoms with van der Waals surface area (Å²) in [4.78, 5) is 11.3. The lowest BCUT2D eigenvalue weighted by Gasteiger charge is -2.38. The minimum absolute atomic E-state index is 0.0688. The highest BCUT2D eigenvalue weighted by Gasteiger charge is 2.34. The van der Waals surface area contributed by atoms with Gasteiger partial charge in [-0.1, -0.05) is 25.7 Å². The van der Waals surface area contributed by atoms with E-state index in [1.807, 2.05) is 0 Å². The Bertz CT molecular complexity index is 217. The topological polar surface area (TPSA) is 49.3 Å². The Morgan fingerprint density at radius 2 is 1.79 bits per heavy atom. The number of nitrogens with one attached hydrogen (secondary N) is 1. The van der Waals surface area contributed by atoms with Crippen molar-refractivity contribution in [2.24, 2.45) is 17.8 Å². The molecule has 2 rings (SSSR count). The van der Waals surface area contributed by atoms with Gasteiger partial charge in [0.1, 0.15) is 0 Å². The molecule has 0 radical (unpaired) electrons. The maximum Gasteiger partial charge on any atom is 0.246 e. The third-order valence-electron chi connectivity index (χ3n) is 4.02. The Morgan fingerprint density at radius 1 is 1.07 bits per heavy atom. The molecule has 1 amide bonds. The van der Waals surface area contributed by atoms with E-state index in [-0.39, 0.29) is 11.8 Å². The largest absolute Gasteiger partial charge is 0.289 e. The Morgan fingerprint density at radius 3 is 2.50 bits per heavy atom. The summed E-state index contributed by atoms with van der Waals surface area (Å²) in [5, 5.41) is 8.58. The van der Waals surface area contributed by atoms with Gasteiger partial charge in [-0.15, -0.1) is 0 Å². The van der Waals surface area contributed by atoms with Crippen molar-refractivity contribution in [1.29, 1.82) is 0 Å². The van der Waals surface area contributed by atoms with Crippen LogP contribution in [0, 0.1) is 17.8 Å². The van der Waals surface area contributed by atoms with E-state index < -0.39 is 0 Å². The van der Waals surface area contributed by atoms with Crippen LogP contribution >= 0.6 is 0 Å². The fourth-order valence-corrected chi connectivity index (χ4v) is 3.20. The number of rotatable bonds is 1. The first-order chi connectivity index (χ1) is 6.81. The summed E-state index contributed by atoms with van der Waals surface area (Å²) >= 11 is 0. The Kier molecular flexibility index (Phi) is 3.06. The minimum Gasteiger partial charge on any atom is -0.289 e. The van der Waals surface area contributed by atoms with E-state index in [2.05, 4.69) is 0 Å². The maximum atomic E-state index is 11.3. The first kappa shape index (κ1) is 9.97. The van der Waals surface area contributed by atoms with Crippen LogP contribution in [0.25, 0.3) is 0 Å². The summed E-state index contributed by atoms with van der Waals surface area (Å²) in [7, 11) is 0. The van der Waals surface area contributed by atoms with E-state index in [9.17, 15) is 4.79 Å². The molecule has 3 heteroatoms. The van der Waals surface area contributed by atoms with Gasteiger partial charge in [-0.25, -0.2) is 5.48 Å². The molecule has 3 atom stereocenters. The molecule has 0 spiro atoms. The van der Waals surface area contributed by atoms with Crippen molar-refractivity contribution in [3.63, 3.8) is 0 Å². The van der Waals surface area contributed by atoms with Crippen LogP contribution in [0.5, 0.6) is 0 Å². The molecule has 0 aliphatic heterocycles. The number of carbonyl (C=O) groups is 1. The van der Waals surface area contributed by atoms with Crippen LogP contribution in [-0.2, 0) is 4.79 Å². The molecule has 2 fully saturated rings. The zero-order chi connectivity index (χ0) is 9.97. The van der Waals surface area contributed by atoms with Gasteiger partial charge >= 0.3 is 0 Å². The monoisotopic (exact) mass is 197 g/mol. The number of carbonyl (C=O) groups excluding carboxylic acids is 1. The Hall–Kier alpha value is -0.570. The van der Waals surface area contributed by atoms with Gasteiger partial charge in [-0.3, -0.25) is 10.0 Å². The lowest BCUT2D eigenvalue weighted by atomic mass is 9.67. The molecule has 2 saturated carbocycles. The van der Waals surface area contributed by atoms with Gasteiger partial charge < -0.3 is 0 Å². The molecular formula is C11H19NO2. The lowest BCUT2D eigenvalue weighted by Crippen LogP contribution is -2.36. The molecule has 0 aromatic rings. The van der Waals surface area contributed by atoms with E-state index in [0.29, 0.717) is 0 Å². The summed E-state index contributed by atoms with van der Waals surface area (Å²) in [5.41, 5.74) is 1.79. The van der Waals surface area contributed by atoms with Crippen LogP contribution in [0.3, 0.4) is 0 Å². The standard InChI is InChI=1S/C11H19NO2/c13-11(12-14)10-6-5-8-3-1-2-4-9(8)7-10/h8-10,14H,1-7H2,(H,12,13). The molecule has 2 aliphatic carbocycles. The van der Waals surface area contributed by atoms with Crippen molar-refractivity contribution >= 4 is 5.91 Å². The molecule has 0 saturated heterocycles. The smallest absolute Gasteiger partial charge is 0.246 e. The number of hydroxylamine groups is 1. The number of hydrogen-bond donors (Lipinski definition) is 2. The Labute approximate surface area is 84.8 Å². The second-order valence-electron chi connectivity index (χ2n) is 4.79. The molecule has 2 aliphatic rings. The molecule has 0 aromatic carbocycles. The normalized spacial score (nSPS) is 37.4. The van der Waals surface area contributed by atoms with Crippen LogP contribution < -0.4 is 5.48 Å². The first-order valence-corrected chi connectivity index (χ1v) is 5.75. The molecule has 0 aromatic heterocycles. The van der Waals surface area contributed by atoms with Gasteiger partial charge in [0.2, 0.25) is 5.91 Å². The quantitative estimate of drug-likeness (QED) is 0.499. The summed E-state index contributed by atoms with van der Waals surface area (Å²) in [6.07, 6.45) is 8.50. The van der Waals surface area contributed by atoms with Gasteiger partial charge in [-0.2, -0.15) is 0 Å². The second-order valence-corrected chi connectivity index (χ2v) is 4.79. The van der Waals surface area contributed by atoms with E-state index >= 15 is 0 Å². The highest BCUT2D eigenvalue weighted by Crippen LogP contribution is 2.42. The number of hydrogen-bond acceptors (Lipinski definition) is 2. The molecule has 3 nitrogen and oxygen atoms in total. The molecule has 14 heavy (non-hydrogen) atoms. The second kappa shape index (κ2) is 4.30. The van der Waals surface area contributed by atoms with E-state index in [4.69, 9.17) is 5.21 Å². The summed E-state index contributed by atoms with van der Waals surface area (Å²) in [6.45, 7) is 0. The summed E-state index contributed by atoms with van der Waals surface area (Å²) in [6, 6.07) is 0. The van der Waals surface area contributed by atoms with Crippen LogP contribution in [0.4, 0.5) is 0 Å². The van der Waals surface area contributed by atoms with E-state index in [1.54, 1.807) is 5.48 Å². The minimum atomic E-state index is -0.172. The molecule has 0 heterocycles. The molecule has 80 valence electrons. The van der Waals surface area contributed by atoms with E-state index in [1.165, 1.54) is 32.1 Å². The van der Waals surface area contributed by atoms with Crippen LogP contribution in [0.1, 0.15) is 44.9 Å². The fraction of sp³-hybridized carbons (Fsp3) is 0.909. The average molecular weight is 197 g/mol. The zero-order valence-electron chi connectivity index (χ0n) is 8.54. The highest BCUT2D eigenvalue weighted by molar-refractivity contribution is 5.77. The third kappa shape index (κ3) is 1.92. The van der Waals surface area contributed by atoms with Gasteiger partial charge in [0.05, 0.1) is 0 Å². The fourth-order valence-electron chi connectivity index (χ4n) is 3.20. The Balaban J connectivity index is 1.92. The average Bonchev–Trinajstić information content (AvgIpc) is 2.27. The highest BCUT2D eigenvalue weighted by atomic mass is 16.5. The van der Waals surface area contributed by atoms with Crippen molar-refractivity contribution in [3.8, 4) is 0 Å². The first-order valence-electron chi connectivity index (χ1n) is 5.75.